The van der Waals surface area contributed by atoms with Gasteiger partial charge in [0, 0.05) is 4.88 Å². The number of anilines is 1. The van der Waals surface area contributed by atoms with Crippen LogP contribution in [0.3, 0.4) is 0 Å². The molecule has 1 aliphatic carbocycles. The molecule has 0 saturated heterocycles. The maximum Gasteiger partial charge on any atom is 0.239 e. The zero-order chi connectivity index (χ0) is 16.3. The van der Waals surface area contributed by atoms with Crippen LogP contribution in [0, 0.1) is 34.0 Å². The molecule has 1 atom stereocenters. The molecule has 0 spiro atoms. The Morgan fingerprint density at radius 2 is 2.18 bits per heavy atom. The molecule has 1 N–H and O–H groups in total. The van der Waals surface area contributed by atoms with Crippen molar-refractivity contribution in [2.75, 3.05) is 5.32 Å². The standard InChI is InChI=1S/C17H21N3OS/c1-4-17(2,3)11-5-6-12-13(10-19)16(22-14(12)9-11)20-15(21)7-8-18/h11H,4-7,9H2,1-3H3,(H,20,21)/t11-/m1/s1. The second-order valence-electron chi connectivity index (χ2n) is 6.48. The quantitative estimate of drug-likeness (QED) is 0.911. The van der Waals surface area contributed by atoms with Gasteiger partial charge in [0.2, 0.25) is 5.91 Å². The fourth-order valence-corrected chi connectivity index (χ4v) is 4.28. The number of thiophene rings is 1. The Hall–Kier alpha value is -1.85. The van der Waals surface area contributed by atoms with Gasteiger partial charge in [0.25, 0.3) is 0 Å². The van der Waals surface area contributed by atoms with Gasteiger partial charge in [-0.1, -0.05) is 27.2 Å². The number of carbonyl (C=O) groups excluding carboxylic acids is 1. The molecule has 0 fully saturated rings. The molecule has 0 radical (unpaired) electrons. The Morgan fingerprint density at radius 1 is 1.45 bits per heavy atom. The lowest BCUT2D eigenvalue weighted by molar-refractivity contribution is -0.115. The van der Waals surface area contributed by atoms with E-state index in [0.717, 1.165) is 31.2 Å². The molecule has 1 aliphatic rings. The third-order valence-corrected chi connectivity index (χ3v) is 6.06. The number of fused-ring (bicyclic) bond motifs is 1. The van der Waals surface area contributed by atoms with Crippen LogP contribution in [0.15, 0.2) is 0 Å². The SMILES string of the molecule is CCC(C)(C)[C@@H]1CCc2c(sc(NC(=O)CC#N)c2C#N)C1. The molecule has 4 nitrogen and oxygen atoms in total. The van der Waals surface area contributed by atoms with Crippen molar-refractivity contribution in [2.24, 2.45) is 11.3 Å². The maximum atomic E-state index is 11.6. The first-order valence-corrected chi connectivity index (χ1v) is 8.46. The molecule has 1 aromatic heterocycles. The summed E-state index contributed by atoms with van der Waals surface area (Å²) in [6.45, 7) is 6.83. The number of nitrogens with zero attached hydrogens (tertiary/aromatic N) is 2. The van der Waals surface area contributed by atoms with Gasteiger partial charge in [-0.3, -0.25) is 4.79 Å². The van der Waals surface area contributed by atoms with Gasteiger partial charge in [-0.2, -0.15) is 10.5 Å². The summed E-state index contributed by atoms with van der Waals surface area (Å²) in [5.74, 6) is 0.265. The highest BCUT2D eigenvalue weighted by Gasteiger charge is 2.33. The van der Waals surface area contributed by atoms with Crippen LogP contribution in [0.5, 0.6) is 0 Å². The third-order valence-electron chi connectivity index (χ3n) is 4.89. The molecule has 2 rings (SSSR count). The molecule has 22 heavy (non-hydrogen) atoms. The summed E-state index contributed by atoms with van der Waals surface area (Å²) in [6, 6.07) is 4.06. The second kappa shape index (κ2) is 6.50. The van der Waals surface area contributed by atoms with Crippen molar-refractivity contribution in [3.63, 3.8) is 0 Å². The van der Waals surface area contributed by atoms with E-state index in [1.165, 1.54) is 16.2 Å². The zero-order valence-electron chi connectivity index (χ0n) is 13.3. The Morgan fingerprint density at radius 3 is 2.77 bits per heavy atom. The molecule has 1 amide bonds. The third kappa shape index (κ3) is 3.15. The van der Waals surface area contributed by atoms with Gasteiger partial charge in [0.15, 0.2) is 0 Å². The monoisotopic (exact) mass is 315 g/mol. The van der Waals surface area contributed by atoms with E-state index in [-0.39, 0.29) is 12.3 Å². The highest BCUT2D eigenvalue weighted by Crippen LogP contribution is 2.45. The minimum Gasteiger partial charge on any atom is -0.316 e. The molecule has 0 aliphatic heterocycles. The van der Waals surface area contributed by atoms with Crippen molar-refractivity contribution in [1.82, 2.24) is 0 Å². The predicted molar refractivity (Wildman–Crippen MR) is 87.5 cm³/mol. The average molecular weight is 315 g/mol. The Labute approximate surface area is 135 Å². The van der Waals surface area contributed by atoms with Crippen LogP contribution >= 0.6 is 11.3 Å². The fraction of sp³-hybridized carbons (Fsp3) is 0.588. The Balaban J connectivity index is 2.27. The summed E-state index contributed by atoms with van der Waals surface area (Å²) in [4.78, 5) is 12.9. The molecule has 0 aromatic carbocycles. The van der Waals surface area contributed by atoms with E-state index in [9.17, 15) is 10.1 Å². The van der Waals surface area contributed by atoms with Crippen LogP contribution in [0.4, 0.5) is 5.00 Å². The number of hydrogen-bond donors (Lipinski definition) is 1. The highest BCUT2D eigenvalue weighted by molar-refractivity contribution is 7.16. The molecule has 1 aromatic rings. The van der Waals surface area contributed by atoms with Crippen LogP contribution in [-0.4, -0.2) is 5.91 Å². The Bertz CT molecular complexity index is 661. The highest BCUT2D eigenvalue weighted by atomic mass is 32.1. The first-order valence-electron chi connectivity index (χ1n) is 7.64. The number of hydrogen-bond acceptors (Lipinski definition) is 4. The fourth-order valence-electron chi connectivity index (χ4n) is 2.99. The number of rotatable bonds is 4. The summed E-state index contributed by atoms with van der Waals surface area (Å²) in [5, 5.41) is 21.3. The molecule has 0 saturated carbocycles. The summed E-state index contributed by atoms with van der Waals surface area (Å²) >= 11 is 1.51. The van der Waals surface area contributed by atoms with Crippen LogP contribution in [0.2, 0.25) is 0 Å². The Kier molecular flexibility index (Phi) is 4.88. The zero-order valence-corrected chi connectivity index (χ0v) is 14.1. The summed E-state index contributed by atoms with van der Waals surface area (Å²) in [6.07, 6.45) is 3.92. The summed E-state index contributed by atoms with van der Waals surface area (Å²) in [7, 11) is 0. The number of carbonyl (C=O) groups is 1. The van der Waals surface area contributed by atoms with Crippen LogP contribution in [-0.2, 0) is 17.6 Å². The van der Waals surface area contributed by atoms with E-state index in [0.29, 0.717) is 21.9 Å². The topological polar surface area (TPSA) is 76.7 Å². The van der Waals surface area contributed by atoms with Crippen molar-refractivity contribution >= 4 is 22.2 Å². The van der Waals surface area contributed by atoms with Gasteiger partial charge < -0.3 is 5.32 Å². The largest absolute Gasteiger partial charge is 0.316 e. The van der Waals surface area contributed by atoms with Crippen LogP contribution < -0.4 is 5.32 Å². The first kappa shape index (κ1) is 16.5. The van der Waals surface area contributed by atoms with Crippen molar-refractivity contribution in [2.45, 2.75) is 52.9 Å². The van der Waals surface area contributed by atoms with Crippen LogP contribution in [0.1, 0.15) is 56.0 Å². The first-order chi connectivity index (χ1) is 10.4. The molecule has 1 heterocycles. The molecule has 0 unspecified atom stereocenters. The molecule has 116 valence electrons. The van der Waals surface area contributed by atoms with E-state index in [1.807, 2.05) is 6.07 Å². The normalized spacial score (nSPS) is 17.2. The number of amides is 1. The smallest absolute Gasteiger partial charge is 0.239 e. The molecular formula is C17H21N3OS. The summed E-state index contributed by atoms with van der Waals surface area (Å²) in [5.41, 5.74) is 1.99. The lowest BCUT2D eigenvalue weighted by atomic mass is 9.69. The minimum atomic E-state index is -0.344. The van der Waals surface area contributed by atoms with E-state index < -0.39 is 0 Å². The molecule has 5 heteroatoms. The van der Waals surface area contributed by atoms with Gasteiger partial charge in [-0.05, 0) is 36.2 Å². The van der Waals surface area contributed by atoms with Crippen molar-refractivity contribution < 1.29 is 4.79 Å². The van der Waals surface area contributed by atoms with Crippen molar-refractivity contribution in [3.8, 4) is 12.1 Å². The maximum absolute atomic E-state index is 11.6. The van der Waals surface area contributed by atoms with E-state index in [1.54, 1.807) is 0 Å². The molecular weight excluding hydrogens is 294 g/mol. The summed E-state index contributed by atoms with van der Waals surface area (Å²) < 4.78 is 0. The van der Waals surface area contributed by atoms with Gasteiger partial charge >= 0.3 is 0 Å². The van der Waals surface area contributed by atoms with Crippen molar-refractivity contribution in [1.29, 1.82) is 10.5 Å². The lowest BCUT2D eigenvalue weighted by Crippen LogP contribution is -2.28. The van der Waals surface area contributed by atoms with Crippen LogP contribution in [0.25, 0.3) is 0 Å². The van der Waals surface area contributed by atoms with E-state index in [4.69, 9.17) is 5.26 Å². The van der Waals surface area contributed by atoms with Gasteiger partial charge in [0.1, 0.15) is 17.5 Å². The lowest BCUT2D eigenvalue weighted by Gasteiger charge is -2.36. The second-order valence-corrected chi connectivity index (χ2v) is 7.59. The van der Waals surface area contributed by atoms with Gasteiger partial charge in [0.05, 0.1) is 11.6 Å². The van der Waals surface area contributed by atoms with Crippen molar-refractivity contribution in [3.05, 3.63) is 16.0 Å². The minimum absolute atomic E-state index is 0.182. The number of nitriles is 2. The van der Waals surface area contributed by atoms with E-state index in [2.05, 4.69) is 32.2 Å². The molecule has 0 bridgehead atoms. The number of nitrogens with one attached hydrogen (secondary N) is 1. The predicted octanol–water partition coefficient (Wildman–Crippen LogP) is 4.01. The van der Waals surface area contributed by atoms with Gasteiger partial charge in [-0.15, -0.1) is 11.3 Å². The van der Waals surface area contributed by atoms with Gasteiger partial charge in [-0.25, -0.2) is 0 Å². The van der Waals surface area contributed by atoms with E-state index >= 15 is 0 Å². The average Bonchev–Trinajstić information content (AvgIpc) is 2.83.